The Morgan fingerprint density at radius 3 is 2.44 bits per heavy atom. The average Bonchev–Trinajstić information content (AvgIpc) is 2.38. The van der Waals surface area contributed by atoms with Crippen molar-refractivity contribution < 1.29 is 4.79 Å². The quantitative estimate of drug-likeness (QED) is 0.839. The van der Waals surface area contributed by atoms with E-state index < -0.39 is 0 Å². The second kappa shape index (κ2) is 7.17. The minimum absolute atomic E-state index is 0.167. The zero-order valence-electron chi connectivity index (χ0n) is 11.9. The fraction of sp³-hybridized carbons (Fsp3) is 0.533. The van der Waals surface area contributed by atoms with E-state index in [9.17, 15) is 4.79 Å². The van der Waals surface area contributed by atoms with Gasteiger partial charge in [0.25, 0.3) is 0 Å². The third-order valence-electron chi connectivity index (χ3n) is 3.33. The number of rotatable bonds is 6. The summed E-state index contributed by atoms with van der Waals surface area (Å²) in [6, 6.07) is 8.47. The van der Waals surface area contributed by atoms with Crippen LogP contribution >= 0.6 is 0 Å². The molecule has 100 valence electrons. The van der Waals surface area contributed by atoms with Gasteiger partial charge < -0.3 is 10.2 Å². The third-order valence-corrected chi connectivity index (χ3v) is 3.33. The van der Waals surface area contributed by atoms with E-state index >= 15 is 0 Å². The molecular formula is C15H24N2O. The Kier molecular flexibility index (Phi) is 5.86. The predicted molar refractivity (Wildman–Crippen MR) is 75.5 cm³/mol. The van der Waals surface area contributed by atoms with Gasteiger partial charge in [-0.15, -0.1) is 0 Å². The first kappa shape index (κ1) is 14.7. The van der Waals surface area contributed by atoms with Gasteiger partial charge in [0.1, 0.15) is 0 Å². The molecular weight excluding hydrogens is 224 g/mol. The largest absolute Gasteiger partial charge is 0.342 e. The molecule has 1 aromatic carbocycles. The summed E-state index contributed by atoms with van der Waals surface area (Å²) < 4.78 is 0. The van der Waals surface area contributed by atoms with E-state index in [1.807, 2.05) is 30.9 Å². The molecule has 18 heavy (non-hydrogen) atoms. The van der Waals surface area contributed by atoms with Crippen LogP contribution in [0.5, 0.6) is 0 Å². The first-order valence-electron chi connectivity index (χ1n) is 6.66. The average molecular weight is 248 g/mol. The van der Waals surface area contributed by atoms with Crippen LogP contribution in [0.4, 0.5) is 0 Å². The zero-order valence-corrected chi connectivity index (χ0v) is 11.9. The topological polar surface area (TPSA) is 32.3 Å². The Balaban J connectivity index is 2.54. The molecule has 0 aliphatic rings. The number of aryl methyl sites for hydroxylation is 1. The molecule has 1 amide bonds. The number of benzene rings is 1. The summed E-state index contributed by atoms with van der Waals surface area (Å²) in [7, 11) is 0. The van der Waals surface area contributed by atoms with Gasteiger partial charge in [-0.05, 0) is 38.8 Å². The van der Waals surface area contributed by atoms with Gasteiger partial charge in [0.05, 0.1) is 6.54 Å². The van der Waals surface area contributed by atoms with E-state index in [1.165, 1.54) is 11.1 Å². The van der Waals surface area contributed by atoms with Crippen LogP contribution in [0.25, 0.3) is 0 Å². The molecule has 1 atom stereocenters. The Hall–Kier alpha value is -1.35. The molecule has 0 heterocycles. The molecule has 0 radical (unpaired) electrons. The van der Waals surface area contributed by atoms with E-state index in [4.69, 9.17) is 0 Å². The van der Waals surface area contributed by atoms with Crippen molar-refractivity contribution >= 4 is 5.91 Å². The summed E-state index contributed by atoms with van der Waals surface area (Å²) in [5.41, 5.74) is 2.51. The molecule has 0 saturated carbocycles. The first-order chi connectivity index (χ1) is 8.60. The number of nitrogens with zero attached hydrogens (tertiary/aromatic N) is 1. The van der Waals surface area contributed by atoms with Crippen LogP contribution in [0.15, 0.2) is 24.3 Å². The van der Waals surface area contributed by atoms with Crippen LogP contribution in [0.1, 0.15) is 37.9 Å². The van der Waals surface area contributed by atoms with Crippen molar-refractivity contribution in [1.82, 2.24) is 10.2 Å². The molecule has 1 aromatic rings. The van der Waals surface area contributed by atoms with Crippen molar-refractivity contribution in [2.75, 3.05) is 19.6 Å². The summed E-state index contributed by atoms with van der Waals surface area (Å²) in [5.74, 6) is 0.167. The maximum absolute atomic E-state index is 11.9. The van der Waals surface area contributed by atoms with Crippen LogP contribution in [0.3, 0.4) is 0 Å². The Morgan fingerprint density at radius 2 is 1.89 bits per heavy atom. The minimum atomic E-state index is 0.167. The Labute approximate surface area is 110 Å². The molecule has 3 nitrogen and oxygen atoms in total. The van der Waals surface area contributed by atoms with E-state index in [0.29, 0.717) is 6.54 Å². The summed E-state index contributed by atoms with van der Waals surface area (Å²) in [6.07, 6.45) is 0. The number of hydrogen-bond acceptors (Lipinski definition) is 2. The number of nitrogens with one attached hydrogen (secondary N) is 1. The Bertz CT molecular complexity index is 386. The van der Waals surface area contributed by atoms with Gasteiger partial charge in [0.2, 0.25) is 5.91 Å². The molecule has 1 N–H and O–H groups in total. The SMILES string of the molecule is CCN(CC)C(=O)CN[C@@H](C)c1ccccc1C. The Morgan fingerprint density at radius 1 is 1.28 bits per heavy atom. The summed E-state index contributed by atoms with van der Waals surface area (Å²) in [6.45, 7) is 10.2. The van der Waals surface area contributed by atoms with Gasteiger partial charge in [0.15, 0.2) is 0 Å². The zero-order chi connectivity index (χ0) is 13.5. The molecule has 0 spiro atoms. The van der Waals surface area contributed by atoms with Gasteiger partial charge in [0, 0.05) is 19.1 Å². The molecule has 0 aromatic heterocycles. The van der Waals surface area contributed by atoms with Crippen LogP contribution in [-0.2, 0) is 4.79 Å². The fourth-order valence-corrected chi connectivity index (χ4v) is 2.11. The number of amides is 1. The standard InChI is InChI=1S/C15H24N2O/c1-5-17(6-2)15(18)11-16-13(4)14-10-8-7-9-12(14)3/h7-10,13,16H,5-6,11H2,1-4H3/t13-/m0/s1. The van der Waals surface area contributed by atoms with Gasteiger partial charge in [-0.25, -0.2) is 0 Å². The second-order valence-corrected chi connectivity index (χ2v) is 4.53. The van der Waals surface area contributed by atoms with Crippen molar-refractivity contribution in [3.05, 3.63) is 35.4 Å². The van der Waals surface area contributed by atoms with Crippen molar-refractivity contribution in [2.45, 2.75) is 33.7 Å². The third kappa shape index (κ3) is 3.84. The van der Waals surface area contributed by atoms with Crippen molar-refractivity contribution in [1.29, 1.82) is 0 Å². The van der Waals surface area contributed by atoms with E-state index in [0.717, 1.165) is 13.1 Å². The summed E-state index contributed by atoms with van der Waals surface area (Å²) in [4.78, 5) is 13.7. The molecule has 1 rings (SSSR count). The molecule has 0 aliphatic heterocycles. The maximum Gasteiger partial charge on any atom is 0.236 e. The van der Waals surface area contributed by atoms with E-state index in [-0.39, 0.29) is 11.9 Å². The highest BCUT2D eigenvalue weighted by Gasteiger charge is 2.12. The van der Waals surface area contributed by atoms with Crippen molar-refractivity contribution in [3.63, 3.8) is 0 Å². The number of likely N-dealkylation sites (N-methyl/N-ethyl adjacent to an activating group) is 1. The molecule has 0 bridgehead atoms. The smallest absolute Gasteiger partial charge is 0.236 e. The predicted octanol–water partition coefficient (Wildman–Crippen LogP) is 2.51. The van der Waals surface area contributed by atoms with E-state index in [1.54, 1.807) is 0 Å². The second-order valence-electron chi connectivity index (χ2n) is 4.53. The molecule has 3 heteroatoms. The summed E-state index contributed by atoms with van der Waals surface area (Å²) >= 11 is 0. The van der Waals surface area contributed by atoms with Gasteiger partial charge in [-0.2, -0.15) is 0 Å². The number of hydrogen-bond donors (Lipinski definition) is 1. The normalized spacial score (nSPS) is 12.2. The minimum Gasteiger partial charge on any atom is -0.342 e. The molecule has 0 saturated heterocycles. The molecule has 0 fully saturated rings. The highest BCUT2D eigenvalue weighted by molar-refractivity contribution is 5.78. The van der Waals surface area contributed by atoms with Crippen LogP contribution in [-0.4, -0.2) is 30.4 Å². The lowest BCUT2D eigenvalue weighted by Gasteiger charge is -2.21. The van der Waals surface area contributed by atoms with Gasteiger partial charge in [-0.1, -0.05) is 24.3 Å². The molecule has 0 unspecified atom stereocenters. The van der Waals surface area contributed by atoms with Crippen molar-refractivity contribution in [2.24, 2.45) is 0 Å². The van der Waals surface area contributed by atoms with Crippen molar-refractivity contribution in [3.8, 4) is 0 Å². The van der Waals surface area contributed by atoms with Crippen LogP contribution < -0.4 is 5.32 Å². The van der Waals surface area contributed by atoms with Crippen LogP contribution in [0, 0.1) is 6.92 Å². The highest BCUT2D eigenvalue weighted by Crippen LogP contribution is 2.16. The van der Waals surface area contributed by atoms with E-state index in [2.05, 4.69) is 31.3 Å². The van der Waals surface area contributed by atoms with Gasteiger partial charge in [-0.3, -0.25) is 4.79 Å². The van der Waals surface area contributed by atoms with Gasteiger partial charge >= 0.3 is 0 Å². The lowest BCUT2D eigenvalue weighted by Crippen LogP contribution is -2.38. The highest BCUT2D eigenvalue weighted by atomic mass is 16.2. The number of carbonyl (C=O) groups is 1. The fourth-order valence-electron chi connectivity index (χ4n) is 2.11. The lowest BCUT2D eigenvalue weighted by molar-refractivity contribution is -0.129. The summed E-state index contributed by atoms with van der Waals surface area (Å²) in [5, 5.41) is 3.30. The first-order valence-corrected chi connectivity index (χ1v) is 6.66. The molecule has 0 aliphatic carbocycles. The monoisotopic (exact) mass is 248 g/mol. The maximum atomic E-state index is 11.9. The van der Waals surface area contributed by atoms with Crippen LogP contribution in [0.2, 0.25) is 0 Å². The number of carbonyl (C=O) groups excluding carboxylic acids is 1. The lowest BCUT2D eigenvalue weighted by atomic mass is 10.0.